The first kappa shape index (κ1) is 22.0. The fraction of sp³-hybridized carbons (Fsp3) is 0.545. The van der Waals surface area contributed by atoms with Gasteiger partial charge in [0.2, 0.25) is 0 Å². The molecule has 4 rings (SSSR count). The highest BCUT2D eigenvalue weighted by molar-refractivity contribution is 7.86. The molecular formula is C22H31N5O3S. The van der Waals surface area contributed by atoms with Crippen molar-refractivity contribution in [2.75, 3.05) is 33.2 Å². The van der Waals surface area contributed by atoms with Gasteiger partial charge >= 0.3 is 0 Å². The van der Waals surface area contributed by atoms with E-state index in [4.69, 9.17) is 0 Å². The summed E-state index contributed by atoms with van der Waals surface area (Å²) >= 11 is 0. The van der Waals surface area contributed by atoms with E-state index in [0.29, 0.717) is 31.7 Å². The van der Waals surface area contributed by atoms with Crippen LogP contribution in [0.5, 0.6) is 0 Å². The minimum Gasteiger partial charge on any atom is -0.336 e. The van der Waals surface area contributed by atoms with Crippen molar-refractivity contribution in [3.63, 3.8) is 0 Å². The first-order valence-corrected chi connectivity index (χ1v) is 12.4. The second-order valence-corrected chi connectivity index (χ2v) is 10.4. The van der Waals surface area contributed by atoms with Crippen molar-refractivity contribution in [2.24, 2.45) is 0 Å². The summed E-state index contributed by atoms with van der Waals surface area (Å²) in [6.07, 6.45) is 6.98. The van der Waals surface area contributed by atoms with Crippen LogP contribution in [0.1, 0.15) is 48.2 Å². The number of aryl methyl sites for hydroxylation is 1. The van der Waals surface area contributed by atoms with E-state index in [9.17, 15) is 13.2 Å². The Morgan fingerprint density at radius 3 is 2.23 bits per heavy atom. The van der Waals surface area contributed by atoms with Crippen LogP contribution in [0, 0.1) is 6.92 Å². The number of carbonyl (C=O) groups excluding carboxylic acids is 1. The summed E-state index contributed by atoms with van der Waals surface area (Å²) in [5.74, 6) is -0.0681. The number of hydrogen-bond acceptors (Lipinski definition) is 4. The van der Waals surface area contributed by atoms with Gasteiger partial charge in [0.15, 0.2) is 0 Å². The molecule has 1 saturated heterocycles. The van der Waals surface area contributed by atoms with Crippen LogP contribution in [0.2, 0.25) is 0 Å². The van der Waals surface area contributed by atoms with Gasteiger partial charge in [-0.15, -0.1) is 0 Å². The van der Waals surface area contributed by atoms with Crippen LogP contribution in [0.25, 0.3) is 5.69 Å². The van der Waals surface area contributed by atoms with Crippen LogP contribution in [0.3, 0.4) is 0 Å². The summed E-state index contributed by atoms with van der Waals surface area (Å²) in [4.78, 5) is 14.7. The highest BCUT2D eigenvalue weighted by Crippen LogP contribution is 2.25. The Balaban J connectivity index is 1.37. The molecule has 0 bridgehead atoms. The summed E-state index contributed by atoms with van der Waals surface area (Å²) in [6.45, 7) is 3.43. The monoisotopic (exact) mass is 445 g/mol. The minimum absolute atomic E-state index is 0.0681. The van der Waals surface area contributed by atoms with E-state index in [1.807, 2.05) is 29.8 Å². The van der Waals surface area contributed by atoms with E-state index >= 15 is 0 Å². The van der Waals surface area contributed by atoms with Crippen molar-refractivity contribution < 1.29 is 13.2 Å². The Labute approximate surface area is 184 Å². The summed E-state index contributed by atoms with van der Waals surface area (Å²) in [7, 11) is -1.79. The zero-order chi connectivity index (χ0) is 22.0. The Morgan fingerprint density at radius 2 is 1.65 bits per heavy atom. The number of hydrogen-bond donors (Lipinski definition) is 0. The lowest BCUT2D eigenvalue weighted by Gasteiger charge is -2.38. The smallest absolute Gasteiger partial charge is 0.282 e. The van der Waals surface area contributed by atoms with Gasteiger partial charge in [-0.2, -0.15) is 22.1 Å². The Kier molecular flexibility index (Phi) is 6.45. The molecule has 1 aliphatic heterocycles. The lowest BCUT2D eigenvalue weighted by atomic mass is 9.96. The van der Waals surface area contributed by atoms with E-state index in [-0.39, 0.29) is 11.9 Å². The first-order valence-electron chi connectivity index (χ1n) is 11.0. The van der Waals surface area contributed by atoms with Gasteiger partial charge < -0.3 is 4.90 Å². The molecule has 168 valence electrons. The maximum Gasteiger partial charge on any atom is 0.282 e. The third-order valence-corrected chi connectivity index (χ3v) is 8.54. The number of amides is 1. The van der Waals surface area contributed by atoms with Gasteiger partial charge in [-0.1, -0.05) is 19.3 Å². The average Bonchev–Trinajstić information content (AvgIpc) is 3.24. The van der Waals surface area contributed by atoms with E-state index < -0.39 is 10.2 Å². The zero-order valence-corrected chi connectivity index (χ0v) is 19.1. The fourth-order valence-electron chi connectivity index (χ4n) is 4.50. The molecule has 2 aromatic rings. The molecule has 0 spiro atoms. The van der Waals surface area contributed by atoms with E-state index in [0.717, 1.165) is 37.1 Å². The standard InChI is InChI=1S/C22H31N5O3S/c1-18-12-13-23-27(18)21-10-8-19(9-11-21)22(28)25-14-16-26(17-15-25)31(29,30)24(2)20-6-4-3-5-7-20/h8-13,20H,3-7,14-17H2,1-2H3. The molecule has 0 unspecified atom stereocenters. The zero-order valence-electron chi connectivity index (χ0n) is 18.3. The molecule has 2 fully saturated rings. The first-order chi connectivity index (χ1) is 14.9. The van der Waals surface area contributed by atoms with Gasteiger partial charge in [-0.05, 0) is 50.1 Å². The van der Waals surface area contributed by atoms with Gasteiger partial charge in [-0.3, -0.25) is 4.79 Å². The molecule has 8 nitrogen and oxygen atoms in total. The third-order valence-electron chi connectivity index (χ3n) is 6.50. The van der Waals surface area contributed by atoms with Crippen molar-refractivity contribution in [1.29, 1.82) is 0 Å². The van der Waals surface area contributed by atoms with Crippen molar-refractivity contribution >= 4 is 16.1 Å². The molecule has 0 atom stereocenters. The summed E-state index contributed by atoms with van der Waals surface area (Å²) < 4.78 is 31.0. The maximum atomic E-state index is 13.0. The molecule has 9 heteroatoms. The number of carbonyl (C=O) groups is 1. The van der Waals surface area contributed by atoms with Crippen LogP contribution in [0.4, 0.5) is 0 Å². The van der Waals surface area contributed by atoms with E-state index in [1.165, 1.54) is 10.7 Å². The van der Waals surface area contributed by atoms with Crippen LogP contribution >= 0.6 is 0 Å². The number of rotatable bonds is 5. The molecule has 1 aromatic carbocycles. The van der Waals surface area contributed by atoms with E-state index in [1.54, 1.807) is 34.6 Å². The van der Waals surface area contributed by atoms with Gasteiger partial charge in [0.05, 0.1) is 5.69 Å². The molecule has 31 heavy (non-hydrogen) atoms. The van der Waals surface area contributed by atoms with Crippen molar-refractivity contribution in [3.05, 3.63) is 47.8 Å². The Hall–Kier alpha value is -2.23. The summed E-state index contributed by atoms with van der Waals surface area (Å²) in [5, 5.41) is 4.28. The molecule has 0 radical (unpaired) electrons. The number of piperazine rings is 1. The Morgan fingerprint density at radius 1 is 1.00 bits per heavy atom. The molecule has 2 aliphatic rings. The van der Waals surface area contributed by atoms with Gasteiger partial charge in [0, 0.05) is 56.7 Å². The normalized spacial score (nSPS) is 19.1. The molecule has 1 aliphatic carbocycles. The van der Waals surface area contributed by atoms with Gasteiger partial charge in [0.25, 0.3) is 16.1 Å². The lowest BCUT2D eigenvalue weighted by molar-refractivity contribution is 0.0693. The second-order valence-electron chi connectivity index (χ2n) is 8.44. The van der Waals surface area contributed by atoms with Gasteiger partial charge in [0.1, 0.15) is 0 Å². The number of aromatic nitrogens is 2. The molecule has 1 aromatic heterocycles. The van der Waals surface area contributed by atoms with Crippen molar-refractivity contribution in [3.8, 4) is 5.69 Å². The minimum atomic E-state index is -3.49. The maximum absolute atomic E-state index is 13.0. The second kappa shape index (κ2) is 9.10. The van der Waals surface area contributed by atoms with Crippen LogP contribution in [-0.4, -0.2) is 76.9 Å². The highest BCUT2D eigenvalue weighted by Gasteiger charge is 2.35. The predicted octanol–water partition coefficient (Wildman–Crippen LogP) is 2.45. The summed E-state index contributed by atoms with van der Waals surface area (Å²) in [6, 6.07) is 9.39. The Bertz CT molecular complexity index is 1000. The summed E-state index contributed by atoms with van der Waals surface area (Å²) in [5.41, 5.74) is 2.53. The molecule has 1 amide bonds. The van der Waals surface area contributed by atoms with Gasteiger partial charge in [-0.25, -0.2) is 4.68 Å². The van der Waals surface area contributed by atoms with Crippen LogP contribution in [-0.2, 0) is 10.2 Å². The largest absolute Gasteiger partial charge is 0.336 e. The molecule has 1 saturated carbocycles. The molecular weight excluding hydrogens is 414 g/mol. The third kappa shape index (κ3) is 4.53. The SMILES string of the molecule is Cc1ccnn1-c1ccc(C(=O)N2CCN(S(=O)(=O)N(C)C3CCCCC3)CC2)cc1. The quantitative estimate of drug-likeness (QED) is 0.708. The highest BCUT2D eigenvalue weighted by atomic mass is 32.2. The number of benzene rings is 1. The topological polar surface area (TPSA) is 78.8 Å². The average molecular weight is 446 g/mol. The van der Waals surface area contributed by atoms with Crippen LogP contribution in [0.15, 0.2) is 36.5 Å². The fourth-order valence-corrected chi connectivity index (χ4v) is 6.08. The molecule has 0 N–H and O–H groups in total. The van der Waals surface area contributed by atoms with Crippen molar-refractivity contribution in [2.45, 2.75) is 45.1 Å². The van der Waals surface area contributed by atoms with Crippen LogP contribution < -0.4 is 0 Å². The lowest BCUT2D eigenvalue weighted by Crippen LogP contribution is -2.55. The van der Waals surface area contributed by atoms with E-state index in [2.05, 4.69) is 5.10 Å². The predicted molar refractivity (Wildman–Crippen MR) is 119 cm³/mol. The van der Waals surface area contributed by atoms with Crippen molar-refractivity contribution in [1.82, 2.24) is 23.3 Å². The number of nitrogens with zero attached hydrogens (tertiary/aromatic N) is 5. The molecule has 2 heterocycles.